The Bertz CT molecular complexity index is 494. The molecule has 3 heteroatoms. The predicted molar refractivity (Wildman–Crippen MR) is 89.7 cm³/mol. The van der Waals surface area contributed by atoms with E-state index in [1.807, 2.05) is 0 Å². The third-order valence-corrected chi connectivity index (χ3v) is 3.36. The first kappa shape index (κ1) is 16.5. The van der Waals surface area contributed by atoms with Gasteiger partial charge in [0.15, 0.2) is 0 Å². The Morgan fingerprint density at radius 1 is 0.950 bits per heavy atom. The number of benzene rings is 2. The third-order valence-electron chi connectivity index (χ3n) is 3.36. The molecule has 2 aromatic rings. The summed E-state index contributed by atoms with van der Waals surface area (Å²) in [4.78, 5) is 2.11. The van der Waals surface area contributed by atoms with Gasteiger partial charge in [-0.25, -0.2) is 0 Å². The van der Waals surface area contributed by atoms with Crippen molar-refractivity contribution < 1.29 is 0 Å². The minimum atomic E-state index is 0. The molecule has 0 aliphatic carbocycles. The zero-order valence-corrected chi connectivity index (χ0v) is 13.2. The van der Waals surface area contributed by atoms with Crippen LogP contribution in [0.5, 0.6) is 0 Å². The highest BCUT2D eigenvalue weighted by molar-refractivity contribution is 5.85. The van der Waals surface area contributed by atoms with Crippen LogP contribution < -0.4 is 10.2 Å². The lowest BCUT2D eigenvalue weighted by Crippen LogP contribution is -2.18. The second-order valence-electron chi connectivity index (χ2n) is 5.07. The van der Waals surface area contributed by atoms with E-state index in [0.29, 0.717) is 6.04 Å². The van der Waals surface area contributed by atoms with Crippen molar-refractivity contribution in [3.8, 4) is 0 Å². The van der Waals surface area contributed by atoms with Gasteiger partial charge in [-0.15, -0.1) is 12.4 Å². The van der Waals surface area contributed by atoms with Gasteiger partial charge in [0.2, 0.25) is 0 Å². The Morgan fingerprint density at radius 3 is 2.10 bits per heavy atom. The summed E-state index contributed by atoms with van der Waals surface area (Å²) in [6.45, 7) is 3.09. The molecule has 0 aliphatic rings. The first-order chi connectivity index (χ1) is 9.16. The van der Waals surface area contributed by atoms with E-state index >= 15 is 0 Å². The standard InChI is InChI=1S/C17H22N2.ClH/c1-14(16-7-5-4-6-8-16)18-13-15-9-11-17(12-10-15)19(2)3;/h4-12,14,18H,13H2,1-3H3;1H. The van der Waals surface area contributed by atoms with Gasteiger partial charge in [-0.05, 0) is 30.2 Å². The van der Waals surface area contributed by atoms with Crippen molar-refractivity contribution in [2.75, 3.05) is 19.0 Å². The number of nitrogens with zero attached hydrogens (tertiary/aromatic N) is 1. The van der Waals surface area contributed by atoms with E-state index < -0.39 is 0 Å². The van der Waals surface area contributed by atoms with Crippen molar-refractivity contribution in [1.29, 1.82) is 0 Å². The Morgan fingerprint density at radius 2 is 1.55 bits per heavy atom. The Hall–Kier alpha value is -1.51. The van der Waals surface area contributed by atoms with E-state index in [1.165, 1.54) is 16.8 Å². The van der Waals surface area contributed by atoms with Gasteiger partial charge in [-0.2, -0.15) is 0 Å². The van der Waals surface area contributed by atoms with Crippen molar-refractivity contribution in [3.63, 3.8) is 0 Å². The van der Waals surface area contributed by atoms with Crippen LogP contribution in [-0.4, -0.2) is 14.1 Å². The van der Waals surface area contributed by atoms with Crippen molar-refractivity contribution in [1.82, 2.24) is 5.32 Å². The normalized spacial score (nSPS) is 11.6. The molecule has 1 N–H and O–H groups in total. The van der Waals surface area contributed by atoms with Gasteiger partial charge in [0.1, 0.15) is 0 Å². The first-order valence-electron chi connectivity index (χ1n) is 6.71. The van der Waals surface area contributed by atoms with E-state index in [1.54, 1.807) is 0 Å². The van der Waals surface area contributed by atoms with Gasteiger partial charge in [0.05, 0.1) is 0 Å². The van der Waals surface area contributed by atoms with Crippen LogP contribution in [0.4, 0.5) is 5.69 Å². The molecule has 1 unspecified atom stereocenters. The van der Waals surface area contributed by atoms with Crippen molar-refractivity contribution >= 4 is 18.1 Å². The summed E-state index contributed by atoms with van der Waals surface area (Å²) in [5, 5.41) is 3.55. The van der Waals surface area contributed by atoms with Crippen LogP contribution in [0.15, 0.2) is 54.6 Å². The highest BCUT2D eigenvalue weighted by Gasteiger charge is 2.03. The average molecular weight is 291 g/mol. The maximum Gasteiger partial charge on any atom is 0.0361 e. The lowest BCUT2D eigenvalue weighted by molar-refractivity contribution is 0.575. The van der Waals surface area contributed by atoms with Crippen LogP contribution in [-0.2, 0) is 6.54 Å². The van der Waals surface area contributed by atoms with Crippen LogP contribution in [0, 0.1) is 0 Å². The van der Waals surface area contributed by atoms with E-state index in [0.717, 1.165) is 6.54 Å². The average Bonchev–Trinajstić information content (AvgIpc) is 2.46. The maximum atomic E-state index is 3.55. The summed E-state index contributed by atoms with van der Waals surface area (Å²) >= 11 is 0. The van der Waals surface area contributed by atoms with Crippen LogP contribution in [0.3, 0.4) is 0 Å². The first-order valence-corrected chi connectivity index (χ1v) is 6.71. The second kappa shape index (κ2) is 7.93. The number of nitrogens with one attached hydrogen (secondary N) is 1. The van der Waals surface area contributed by atoms with Crippen LogP contribution in [0.2, 0.25) is 0 Å². The van der Waals surface area contributed by atoms with E-state index in [9.17, 15) is 0 Å². The molecule has 0 aliphatic heterocycles. The highest BCUT2D eigenvalue weighted by atomic mass is 35.5. The third kappa shape index (κ3) is 4.55. The zero-order valence-electron chi connectivity index (χ0n) is 12.3. The molecule has 0 bridgehead atoms. The molecular formula is C17H23ClN2. The van der Waals surface area contributed by atoms with Crippen molar-refractivity contribution in [3.05, 3.63) is 65.7 Å². The fourth-order valence-electron chi connectivity index (χ4n) is 2.04. The summed E-state index contributed by atoms with van der Waals surface area (Å²) in [7, 11) is 4.12. The monoisotopic (exact) mass is 290 g/mol. The highest BCUT2D eigenvalue weighted by Crippen LogP contribution is 2.15. The van der Waals surface area contributed by atoms with Crippen LogP contribution in [0.1, 0.15) is 24.1 Å². The smallest absolute Gasteiger partial charge is 0.0361 e. The molecule has 108 valence electrons. The Balaban J connectivity index is 0.00000200. The van der Waals surface area contributed by atoms with Gasteiger partial charge in [-0.3, -0.25) is 0 Å². The van der Waals surface area contributed by atoms with E-state index in [2.05, 4.69) is 85.8 Å². The number of hydrogen-bond acceptors (Lipinski definition) is 2. The van der Waals surface area contributed by atoms with Crippen molar-refractivity contribution in [2.24, 2.45) is 0 Å². The molecule has 2 rings (SSSR count). The molecule has 1 atom stereocenters. The molecule has 0 radical (unpaired) electrons. The molecule has 0 spiro atoms. The maximum absolute atomic E-state index is 3.55. The predicted octanol–water partition coefficient (Wildman–Crippen LogP) is 4.03. The molecule has 0 aromatic heterocycles. The molecule has 0 saturated carbocycles. The summed E-state index contributed by atoms with van der Waals surface area (Å²) in [5.74, 6) is 0. The second-order valence-corrected chi connectivity index (χ2v) is 5.07. The fraction of sp³-hybridized carbons (Fsp3) is 0.294. The topological polar surface area (TPSA) is 15.3 Å². The summed E-state index contributed by atoms with van der Waals surface area (Å²) in [5.41, 5.74) is 3.88. The van der Waals surface area contributed by atoms with Gasteiger partial charge in [-0.1, -0.05) is 42.5 Å². The number of anilines is 1. The summed E-state index contributed by atoms with van der Waals surface area (Å²) in [6, 6.07) is 19.6. The number of halogens is 1. The SMILES string of the molecule is CC(NCc1ccc(N(C)C)cc1)c1ccccc1.Cl. The lowest BCUT2D eigenvalue weighted by Gasteiger charge is -2.16. The molecule has 0 saturated heterocycles. The molecule has 2 aromatic carbocycles. The Labute approximate surface area is 128 Å². The lowest BCUT2D eigenvalue weighted by atomic mass is 10.1. The molecule has 2 nitrogen and oxygen atoms in total. The quantitative estimate of drug-likeness (QED) is 0.894. The Kier molecular flexibility index (Phi) is 6.56. The fourth-order valence-corrected chi connectivity index (χ4v) is 2.04. The molecule has 20 heavy (non-hydrogen) atoms. The van der Waals surface area contributed by atoms with Gasteiger partial charge in [0.25, 0.3) is 0 Å². The van der Waals surface area contributed by atoms with E-state index in [-0.39, 0.29) is 12.4 Å². The molecular weight excluding hydrogens is 268 g/mol. The van der Waals surface area contributed by atoms with Gasteiger partial charge >= 0.3 is 0 Å². The molecule has 0 heterocycles. The summed E-state index contributed by atoms with van der Waals surface area (Å²) in [6.07, 6.45) is 0. The van der Waals surface area contributed by atoms with Gasteiger partial charge < -0.3 is 10.2 Å². The molecule has 0 amide bonds. The number of hydrogen-bond donors (Lipinski definition) is 1. The minimum Gasteiger partial charge on any atom is -0.378 e. The molecule has 0 fully saturated rings. The van der Waals surface area contributed by atoms with Crippen LogP contribution in [0.25, 0.3) is 0 Å². The van der Waals surface area contributed by atoms with Crippen LogP contribution >= 0.6 is 12.4 Å². The number of rotatable bonds is 5. The van der Waals surface area contributed by atoms with Gasteiger partial charge in [0, 0.05) is 32.4 Å². The van der Waals surface area contributed by atoms with Crippen molar-refractivity contribution in [2.45, 2.75) is 19.5 Å². The zero-order chi connectivity index (χ0) is 13.7. The minimum absolute atomic E-state index is 0. The van der Waals surface area contributed by atoms with E-state index in [4.69, 9.17) is 0 Å². The largest absolute Gasteiger partial charge is 0.378 e. The summed E-state index contributed by atoms with van der Waals surface area (Å²) < 4.78 is 0.